The van der Waals surface area contributed by atoms with Crippen molar-refractivity contribution in [3.05, 3.63) is 63.1 Å². The maximum Gasteiger partial charge on any atom is 0.255 e. The van der Waals surface area contributed by atoms with Gasteiger partial charge < -0.3 is 9.80 Å². The summed E-state index contributed by atoms with van der Waals surface area (Å²) < 4.78 is 0. The molecular weight excluding hydrogens is 355 g/mol. The van der Waals surface area contributed by atoms with E-state index in [1.807, 2.05) is 24.3 Å². The molecule has 2 aromatic rings. The van der Waals surface area contributed by atoms with Crippen LogP contribution < -0.4 is 4.90 Å². The number of amides is 1. The number of rotatable bonds is 2. The van der Waals surface area contributed by atoms with Crippen molar-refractivity contribution in [2.45, 2.75) is 0 Å². The predicted octanol–water partition coefficient (Wildman–Crippen LogP) is 4.61. The molecule has 120 valence electrons. The van der Waals surface area contributed by atoms with Crippen molar-refractivity contribution in [2.24, 2.45) is 0 Å². The minimum Gasteiger partial charge on any atom is -0.367 e. The van der Waals surface area contributed by atoms with Gasteiger partial charge in [0.15, 0.2) is 0 Å². The average molecular weight is 370 g/mol. The summed E-state index contributed by atoms with van der Waals surface area (Å²) in [7, 11) is 0. The lowest BCUT2D eigenvalue weighted by Crippen LogP contribution is -2.49. The van der Waals surface area contributed by atoms with E-state index in [1.54, 1.807) is 23.1 Å². The summed E-state index contributed by atoms with van der Waals surface area (Å²) in [6, 6.07) is 12.9. The molecule has 0 spiro atoms. The molecule has 1 heterocycles. The lowest BCUT2D eigenvalue weighted by Gasteiger charge is -2.36. The van der Waals surface area contributed by atoms with Crippen LogP contribution in [0.5, 0.6) is 0 Å². The number of carbonyl (C=O) groups is 1. The summed E-state index contributed by atoms with van der Waals surface area (Å²) >= 11 is 18.4. The second kappa shape index (κ2) is 7.00. The number of carbonyl (C=O) groups excluding carboxylic acids is 1. The van der Waals surface area contributed by atoms with Crippen LogP contribution in [-0.2, 0) is 0 Å². The number of halogens is 3. The quantitative estimate of drug-likeness (QED) is 0.772. The topological polar surface area (TPSA) is 23.6 Å². The minimum absolute atomic E-state index is 0.0868. The Kier molecular flexibility index (Phi) is 5.00. The molecule has 0 bridgehead atoms. The molecule has 0 aromatic heterocycles. The van der Waals surface area contributed by atoms with Crippen molar-refractivity contribution in [3.8, 4) is 0 Å². The Morgan fingerprint density at radius 1 is 0.826 bits per heavy atom. The molecule has 3 nitrogen and oxygen atoms in total. The molecule has 1 fully saturated rings. The van der Waals surface area contributed by atoms with Gasteiger partial charge in [0.2, 0.25) is 0 Å². The molecule has 0 unspecified atom stereocenters. The van der Waals surface area contributed by atoms with Crippen LogP contribution in [-0.4, -0.2) is 37.0 Å². The van der Waals surface area contributed by atoms with Crippen LogP contribution in [0.15, 0.2) is 42.5 Å². The molecular formula is C17H15Cl3N2O. The van der Waals surface area contributed by atoms with Crippen LogP contribution in [0.2, 0.25) is 15.1 Å². The Bertz CT molecular complexity index is 728. The average Bonchev–Trinajstić information content (AvgIpc) is 2.57. The largest absolute Gasteiger partial charge is 0.367 e. The summed E-state index contributed by atoms with van der Waals surface area (Å²) in [4.78, 5) is 16.6. The highest BCUT2D eigenvalue weighted by molar-refractivity contribution is 6.43. The van der Waals surface area contributed by atoms with Crippen LogP contribution in [0.4, 0.5) is 5.69 Å². The van der Waals surface area contributed by atoms with Gasteiger partial charge in [0.25, 0.3) is 5.91 Å². The van der Waals surface area contributed by atoms with E-state index in [1.165, 1.54) is 0 Å². The number of hydrogen-bond donors (Lipinski definition) is 0. The third-order valence-corrected chi connectivity index (χ3v) is 5.08. The highest BCUT2D eigenvalue weighted by atomic mass is 35.5. The first-order valence-electron chi connectivity index (χ1n) is 7.30. The molecule has 2 aromatic carbocycles. The lowest BCUT2D eigenvalue weighted by atomic mass is 10.1. The number of anilines is 1. The van der Waals surface area contributed by atoms with Crippen LogP contribution >= 0.6 is 34.8 Å². The van der Waals surface area contributed by atoms with E-state index in [-0.39, 0.29) is 5.91 Å². The van der Waals surface area contributed by atoms with Crippen LogP contribution in [0.25, 0.3) is 0 Å². The molecule has 0 radical (unpaired) electrons. The molecule has 3 rings (SSSR count). The summed E-state index contributed by atoms with van der Waals surface area (Å²) in [5, 5.41) is 1.44. The van der Waals surface area contributed by atoms with E-state index in [4.69, 9.17) is 34.8 Å². The zero-order chi connectivity index (χ0) is 16.4. The van der Waals surface area contributed by atoms with Crippen molar-refractivity contribution < 1.29 is 4.79 Å². The van der Waals surface area contributed by atoms with Crippen molar-refractivity contribution >= 4 is 46.4 Å². The number of hydrogen-bond acceptors (Lipinski definition) is 2. The van der Waals surface area contributed by atoms with Crippen molar-refractivity contribution in [2.75, 3.05) is 31.1 Å². The number of para-hydroxylation sites is 1. The summed E-state index contributed by atoms with van der Waals surface area (Å²) in [6.45, 7) is 2.70. The van der Waals surface area contributed by atoms with Gasteiger partial charge in [-0.15, -0.1) is 0 Å². The molecule has 6 heteroatoms. The van der Waals surface area contributed by atoms with Gasteiger partial charge >= 0.3 is 0 Å². The molecule has 1 aliphatic heterocycles. The first-order chi connectivity index (χ1) is 11.1. The smallest absolute Gasteiger partial charge is 0.255 e. The maximum absolute atomic E-state index is 12.6. The van der Waals surface area contributed by atoms with Gasteiger partial charge in [0, 0.05) is 26.2 Å². The Morgan fingerprint density at radius 3 is 2.17 bits per heavy atom. The Hall–Kier alpha value is -1.42. The third kappa shape index (κ3) is 3.42. The molecule has 23 heavy (non-hydrogen) atoms. The van der Waals surface area contributed by atoms with Gasteiger partial charge in [-0.25, -0.2) is 0 Å². The Balaban J connectivity index is 1.71. The fraction of sp³-hybridized carbons (Fsp3) is 0.235. The highest BCUT2D eigenvalue weighted by Crippen LogP contribution is 2.28. The van der Waals surface area contributed by atoms with Crippen molar-refractivity contribution in [3.63, 3.8) is 0 Å². The van der Waals surface area contributed by atoms with Gasteiger partial charge in [-0.3, -0.25) is 4.79 Å². The van der Waals surface area contributed by atoms with Gasteiger partial charge in [-0.2, -0.15) is 0 Å². The molecule has 1 aliphatic rings. The Morgan fingerprint density at radius 2 is 1.48 bits per heavy atom. The minimum atomic E-state index is -0.0868. The fourth-order valence-corrected chi connectivity index (χ4v) is 3.33. The monoisotopic (exact) mass is 368 g/mol. The number of piperazine rings is 1. The van der Waals surface area contributed by atoms with Gasteiger partial charge in [-0.1, -0.05) is 53.0 Å². The van der Waals surface area contributed by atoms with Gasteiger partial charge in [-0.05, 0) is 24.3 Å². The number of nitrogens with zero attached hydrogens (tertiary/aromatic N) is 2. The SMILES string of the molecule is O=C(c1cccc(Cl)c1Cl)N1CCN(c2ccccc2Cl)CC1. The molecule has 0 atom stereocenters. The first-order valence-corrected chi connectivity index (χ1v) is 8.44. The predicted molar refractivity (Wildman–Crippen MR) is 96.0 cm³/mol. The fourth-order valence-electron chi connectivity index (χ4n) is 2.70. The molecule has 0 aliphatic carbocycles. The zero-order valence-corrected chi connectivity index (χ0v) is 14.6. The van der Waals surface area contributed by atoms with E-state index in [0.29, 0.717) is 28.7 Å². The van der Waals surface area contributed by atoms with E-state index in [0.717, 1.165) is 23.8 Å². The highest BCUT2D eigenvalue weighted by Gasteiger charge is 2.24. The zero-order valence-electron chi connectivity index (χ0n) is 12.3. The van der Waals surface area contributed by atoms with E-state index < -0.39 is 0 Å². The second-order valence-corrected chi connectivity index (χ2v) is 6.52. The summed E-state index contributed by atoms with van der Waals surface area (Å²) in [5.41, 5.74) is 1.45. The third-order valence-electron chi connectivity index (χ3n) is 3.94. The van der Waals surface area contributed by atoms with Crippen LogP contribution in [0, 0.1) is 0 Å². The summed E-state index contributed by atoms with van der Waals surface area (Å²) in [6.07, 6.45) is 0. The summed E-state index contributed by atoms with van der Waals surface area (Å²) in [5.74, 6) is -0.0868. The van der Waals surface area contributed by atoms with Gasteiger partial charge in [0.1, 0.15) is 0 Å². The lowest BCUT2D eigenvalue weighted by molar-refractivity contribution is 0.0747. The first kappa shape index (κ1) is 16.4. The van der Waals surface area contributed by atoms with E-state index >= 15 is 0 Å². The van der Waals surface area contributed by atoms with Crippen LogP contribution in [0.3, 0.4) is 0 Å². The second-order valence-electron chi connectivity index (χ2n) is 5.33. The molecule has 1 saturated heterocycles. The maximum atomic E-state index is 12.6. The Labute approximate surface area is 150 Å². The normalized spacial score (nSPS) is 14.9. The van der Waals surface area contributed by atoms with E-state index in [2.05, 4.69) is 4.90 Å². The van der Waals surface area contributed by atoms with Gasteiger partial charge in [0.05, 0.1) is 26.3 Å². The van der Waals surface area contributed by atoms with E-state index in [9.17, 15) is 4.79 Å². The number of benzene rings is 2. The van der Waals surface area contributed by atoms with Crippen molar-refractivity contribution in [1.29, 1.82) is 0 Å². The standard InChI is InChI=1S/C17H15Cl3N2O/c18-13-5-1-2-7-15(13)21-8-10-22(11-9-21)17(23)12-4-3-6-14(19)16(12)20/h1-7H,8-11H2. The van der Waals surface area contributed by atoms with Crippen LogP contribution in [0.1, 0.15) is 10.4 Å². The molecule has 0 N–H and O–H groups in total. The van der Waals surface area contributed by atoms with Crippen molar-refractivity contribution in [1.82, 2.24) is 4.90 Å². The molecule has 1 amide bonds. The molecule has 0 saturated carbocycles.